The number of rotatable bonds is 10. The molecule has 4 aromatic rings. The predicted octanol–water partition coefficient (Wildman–Crippen LogP) is 5.18. The lowest BCUT2D eigenvalue weighted by Crippen LogP contribution is -2.19. The highest BCUT2D eigenvalue weighted by atomic mass is 32.1. The monoisotopic (exact) mass is 461 g/mol. The summed E-state index contributed by atoms with van der Waals surface area (Å²) in [6, 6.07) is 17.6. The first kappa shape index (κ1) is 22.6. The Labute approximate surface area is 197 Å². The van der Waals surface area contributed by atoms with Crippen molar-refractivity contribution in [2.24, 2.45) is 5.73 Å². The van der Waals surface area contributed by atoms with Crippen molar-refractivity contribution >= 4 is 33.2 Å². The summed E-state index contributed by atoms with van der Waals surface area (Å²) < 4.78 is 12.8. The maximum Gasteiger partial charge on any atom is 0.242 e. The van der Waals surface area contributed by atoms with Crippen LogP contribution in [0.2, 0.25) is 0 Å². The lowest BCUT2D eigenvalue weighted by Gasteiger charge is -2.12. The van der Waals surface area contributed by atoms with Crippen molar-refractivity contribution in [3.63, 3.8) is 0 Å². The molecule has 0 unspecified atom stereocenters. The van der Waals surface area contributed by atoms with E-state index in [2.05, 4.69) is 20.2 Å². The molecule has 2 aromatic heterocycles. The zero-order valence-electron chi connectivity index (χ0n) is 18.7. The first-order valence-electron chi connectivity index (χ1n) is 10.6. The summed E-state index contributed by atoms with van der Waals surface area (Å²) in [5.74, 6) is 2.54. The number of anilines is 2. The number of fused-ring (bicyclic) bond motifs is 1. The third kappa shape index (κ3) is 6.21. The van der Waals surface area contributed by atoms with Gasteiger partial charge in [0, 0.05) is 12.2 Å². The molecule has 2 heterocycles. The summed E-state index contributed by atoms with van der Waals surface area (Å²) in [7, 11) is 4.04. The molecule has 0 bridgehead atoms. The SMILES string of the molecule is CN(C)CCOc1ccc(Nc2nc(Oc3cccc(CC=CN)c3)c3sccc3n2)cc1. The number of hydrogen-bond acceptors (Lipinski definition) is 8. The molecule has 3 N–H and O–H groups in total. The van der Waals surface area contributed by atoms with E-state index in [1.807, 2.05) is 80.1 Å². The number of nitrogens with one attached hydrogen (secondary N) is 1. The van der Waals surface area contributed by atoms with Crippen molar-refractivity contribution in [2.75, 3.05) is 32.6 Å². The first-order chi connectivity index (χ1) is 16.1. The Bertz CT molecular complexity index is 1220. The molecule has 0 fully saturated rings. The standard InChI is InChI=1S/C25H27N5O2S/c1-30(2)14-15-31-20-10-8-19(9-11-20)27-25-28-22-12-16-33-23(22)24(29-25)32-21-7-3-5-18(17-21)6-4-13-26/h3-5,7-13,16-17H,6,14-15,26H2,1-2H3,(H,27,28,29). The van der Waals surface area contributed by atoms with Crippen LogP contribution < -0.4 is 20.5 Å². The van der Waals surface area contributed by atoms with Gasteiger partial charge in [0.25, 0.3) is 0 Å². The average molecular weight is 462 g/mol. The molecule has 7 nitrogen and oxygen atoms in total. The fraction of sp³-hybridized carbons (Fsp3) is 0.200. The zero-order valence-corrected chi connectivity index (χ0v) is 19.5. The maximum absolute atomic E-state index is 6.17. The van der Waals surface area contributed by atoms with Crippen LogP contribution in [-0.4, -0.2) is 42.1 Å². The second-order valence-electron chi connectivity index (χ2n) is 7.67. The van der Waals surface area contributed by atoms with E-state index in [0.717, 1.165) is 45.9 Å². The van der Waals surface area contributed by atoms with E-state index < -0.39 is 0 Å². The second-order valence-corrected chi connectivity index (χ2v) is 8.59. The number of ether oxygens (including phenoxy) is 2. The Morgan fingerprint density at radius 3 is 2.70 bits per heavy atom. The largest absolute Gasteiger partial charge is 0.492 e. The van der Waals surface area contributed by atoms with Crippen LogP contribution in [-0.2, 0) is 6.42 Å². The predicted molar refractivity (Wildman–Crippen MR) is 135 cm³/mol. The Morgan fingerprint density at radius 2 is 1.91 bits per heavy atom. The second kappa shape index (κ2) is 10.8. The number of nitrogens with zero attached hydrogens (tertiary/aromatic N) is 3. The van der Waals surface area contributed by atoms with Crippen LogP contribution in [0.5, 0.6) is 17.4 Å². The highest BCUT2D eigenvalue weighted by Gasteiger charge is 2.12. The summed E-state index contributed by atoms with van der Waals surface area (Å²) in [5, 5.41) is 5.25. The highest BCUT2D eigenvalue weighted by molar-refractivity contribution is 7.17. The highest BCUT2D eigenvalue weighted by Crippen LogP contribution is 2.33. The first-order valence-corrected chi connectivity index (χ1v) is 11.5. The maximum atomic E-state index is 6.17. The van der Waals surface area contributed by atoms with Gasteiger partial charge in [-0.1, -0.05) is 18.2 Å². The van der Waals surface area contributed by atoms with Crippen LogP contribution in [0.4, 0.5) is 11.6 Å². The van der Waals surface area contributed by atoms with Crippen molar-refractivity contribution in [3.8, 4) is 17.4 Å². The molecule has 2 aromatic carbocycles. The Hall–Kier alpha value is -3.62. The van der Waals surface area contributed by atoms with Gasteiger partial charge in [-0.25, -0.2) is 4.98 Å². The molecular formula is C25H27N5O2S. The lowest BCUT2D eigenvalue weighted by molar-refractivity contribution is 0.261. The topological polar surface area (TPSA) is 85.5 Å². The Morgan fingerprint density at radius 1 is 1.06 bits per heavy atom. The molecule has 0 aliphatic heterocycles. The summed E-state index contributed by atoms with van der Waals surface area (Å²) in [6.07, 6.45) is 4.20. The fourth-order valence-electron chi connectivity index (χ4n) is 3.12. The van der Waals surface area contributed by atoms with Gasteiger partial charge in [-0.15, -0.1) is 11.3 Å². The molecule has 33 heavy (non-hydrogen) atoms. The van der Waals surface area contributed by atoms with Gasteiger partial charge in [-0.05, 0) is 80.1 Å². The number of allylic oxidation sites excluding steroid dienone is 1. The van der Waals surface area contributed by atoms with E-state index in [-0.39, 0.29) is 0 Å². The summed E-state index contributed by atoms with van der Waals surface area (Å²) >= 11 is 1.55. The van der Waals surface area contributed by atoms with Gasteiger partial charge < -0.3 is 25.4 Å². The Balaban J connectivity index is 1.51. The van der Waals surface area contributed by atoms with E-state index in [0.29, 0.717) is 18.4 Å². The number of nitrogens with two attached hydrogens (primary N) is 1. The molecule has 4 rings (SSSR count). The number of aromatic nitrogens is 2. The van der Waals surface area contributed by atoms with Crippen LogP contribution in [0.25, 0.3) is 10.2 Å². The molecule has 0 aliphatic carbocycles. The molecule has 0 spiro atoms. The van der Waals surface area contributed by atoms with Gasteiger partial charge >= 0.3 is 0 Å². The Kier molecular flexibility index (Phi) is 7.39. The molecule has 0 amide bonds. The average Bonchev–Trinajstić information content (AvgIpc) is 3.28. The summed E-state index contributed by atoms with van der Waals surface area (Å²) in [6.45, 7) is 1.51. The minimum atomic E-state index is 0.472. The molecule has 0 aliphatic rings. The van der Waals surface area contributed by atoms with Gasteiger partial charge in [-0.3, -0.25) is 0 Å². The van der Waals surface area contributed by atoms with Gasteiger partial charge in [0.1, 0.15) is 22.8 Å². The van der Waals surface area contributed by atoms with Crippen LogP contribution >= 0.6 is 11.3 Å². The number of benzene rings is 2. The van der Waals surface area contributed by atoms with Crippen LogP contribution in [0, 0.1) is 0 Å². The van der Waals surface area contributed by atoms with Crippen LogP contribution in [0.1, 0.15) is 5.56 Å². The van der Waals surface area contributed by atoms with Gasteiger partial charge in [0.15, 0.2) is 0 Å². The van der Waals surface area contributed by atoms with E-state index in [1.54, 1.807) is 17.5 Å². The minimum absolute atomic E-state index is 0.472. The number of hydrogen-bond donors (Lipinski definition) is 2. The van der Waals surface area contributed by atoms with Gasteiger partial charge in [0.05, 0.1) is 5.52 Å². The van der Waals surface area contributed by atoms with Crippen molar-refractivity contribution in [3.05, 3.63) is 77.8 Å². The zero-order chi connectivity index (χ0) is 23.0. The third-order valence-electron chi connectivity index (χ3n) is 4.79. The molecule has 0 atom stereocenters. The van der Waals surface area contributed by atoms with Crippen molar-refractivity contribution in [1.82, 2.24) is 14.9 Å². The summed E-state index contributed by atoms with van der Waals surface area (Å²) in [5.41, 5.74) is 8.27. The van der Waals surface area contributed by atoms with Crippen molar-refractivity contribution in [1.29, 1.82) is 0 Å². The molecule has 0 saturated carbocycles. The summed E-state index contributed by atoms with van der Waals surface area (Å²) in [4.78, 5) is 11.4. The van der Waals surface area contributed by atoms with E-state index in [9.17, 15) is 0 Å². The van der Waals surface area contributed by atoms with Crippen LogP contribution in [0.15, 0.2) is 72.3 Å². The van der Waals surface area contributed by atoms with E-state index in [1.165, 1.54) is 0 Å². The van der Waals surface area contributed by atoms with Gasteiger partial charge in [0.2, 0.25) is 11.8 Å². The fourth-order valence-corrected chi connectivity index (χ4v) is 3.88. The molecule has 0 saturated heterocycles. The van der Waals surface area contributed by atoms with E-state index in [4.69, 9.17) is 15.2 Å². The molecule has 0 radical (unpaired) electrons. The minimum Gasteiger partial charge on any atom is -0.492 e. The normalized spacial score (nSPS) is 11.4. The number of thiophene rings is 1. The number of likely N-dealkylation sites (N-methyl/N-ethyl adjacent to an activating group) is 1. The quantitative estimate of drug-likeness (QED) is 0.336. The third-order valence-corrected chi connectivity index (χ3v) is 5.68. The van der Waals surface area contributed by atoms with E-state index >= 15 is 0 Å². The van der Waals surface area contributed by atoms with Gasteiger partial charge in [-0.2, -0.15) is 4.98 Å². The smallest absolute Gasteiger partial charge is 0.242 e. The van der Waals surface area contributed by atoms with Crippen molar-refractivity contribution in [2.45, 2.75) is 6.42 Å². The van der Waals surface area contributed by atoms with Crippen molar-refractivity contribution < 1.29 is 9.47 Å². The molecular weight excluding hydrogens is 434 g/mol. The van der Waals surface area contributed by atoms with Crippen LogP contribution in [0.3, 0.4) is 0 Å². The lowest BCUT2D eigenvalue weighted by atomic mass is 10.1. The molecule has 8 heteroatoms. The molecule has 170 valence electrons.